The molecule has 0 fully saturated rings. The number of anilines is 2. The number of rotatable bonds is 6. The fourth-order valence-corrected chi connectivity index (χ4v) is 5.39. The van der Waals surface area contributed by atoms with Crippen LogP contribution in [0.4, 0.5) is 11.4 Å². The van der Waals surface area contributed by atoms with Crippen LogP contribution in [0, 0.1) is 13.8 Å². The third-order valence-electron chi connectivity index (χ3n) is 5.78. The number of fused-ring (bicyclic) bond motifs is 1. The summed E-state index contributed by atoms with van der Waals surface area (Å²) in [7, 11) is -3.73. The number of hydrogen-bond donors (Lipinski definition) is 1. The minimum absolute atomic E-state index is 0.0504. The van der Waals surface area contributed by atoms with Crippen LogP contribution in [0.3, 0.4) is 0 Å². The highest BCUT2D eigenvalue weighted by atomic mass is 79.9. The molecule has 0 aromatic heterocycles. The summed E-state index contributed by atoms with van der Waals surface area (Å²) in [6.45, 7) is 5.78. The SMILES string of the molecule is Cc1ccc(NS(=O)(=O)c2ccc(OCC(=O)N3c4ccc(Br)cc4C[C@H]3C)cc2)cc1C. The zero-order valence-corrected chi connectivity index (χ0v) is 21.0. The van der Waals surface area contributed by atoms with E-state index in [2.05, 4.69) is 20.7 Å². The predicted octanol–water partition coefficient (Wildman–Crippen LogP) is 5.22. The number of carbonyl (C=O) groups is 1. The van der Waals surface area contributed by atoms with Gasteiger partial charge in [0.1, 0.15) is 5.75 Å². The van der Waals surface area contributed by atoms with Crippen molar-refractivity contribution in [2.45, 2.75) is 38.1 Å². The summed E-state index contributed by atoms with van der Waals surface area (Å²) in [6, 6.07) is 17.4. The van der Waals surface area contributed by atoms with Gasteiger partial charge in [-0.2, -0.15) is 0 Å². The third-order valence-corrected chi connectivity index (χ3v) is 7.67. The standard InChI is InChI=1S/C25H25BrN2O4S/c1-16-4-6-21(12-17(16)2)27-33(30,31)23-9-7-22(8-10-23)32-15-25(29)28-18(3)13-19-14-20(26)5-11-24(19)28/h4-12,14,18,27H,13,15H2,1-3H3/t18-/m1/s1. The number of halogens is 1. The molecule has 1 aliphatic rings. The average Bonchev–Trinajstić information content (AvgIpc) is 3.09. The maximum Gasteiger partial charge on any atom is 0.265 e. The summed E-state index contributed by atoms with van der Waals surface area (Å²) in [5, 5.41) is 0. The van der Waals surface area contributed by atoms with Crippen molar-refractivity contribution in [2.75, 3.05) is 16.2 Å². The molecule has 1 atom stereocenters. The van der Waals surface area contributed by atoms with E-state index in [1.54, 1.807) is 29.2 Å². The molecule has 1 heterocycles. The molecule has 172 valence electrons. The molecule has 0 saturated heterocycles. The number of hydrogen-bond acceptors (Lipinski definition) is 4. The van der Waals surface area contributed by atoms with Crippen molar-refractivity contribution in [1.29, 1.82) is 0 Å². The molecule has 3 aromatic carbocycles. The lowest BCUT2D eigenvalue weighted by Crippen LogP contribution is -2.39. The molecule has 1 amide bonds. The Bertz CT molecular complexity index is 1310. The fourth-order valence-electron chi connectivity index (χ4n) is 3.93. The van der Waals surface area contributed by atoms with E-state index >= 15 is 0 Å². The van der Waals surface area contributed by atoms with Crippen molar-refractivity contribution in [3.05, 3.63) is 81.8 Å². The van der Waals surface area contributed by atoms with E-state index in [-0.39, 0.29) is 23.5 Å². The van der Waals surface area contributed by atoms with Gasteiger partial charge in [-0.3, -0.25) is 9.52 Å². The molecule has 8 heteroatoms. The second kappa shape index (κ2) is 9.19. The predicted molar refractivity (Wildman–Crippen MR) is 133 cm³/mol. The van der Waals surface area contributed by atoms with Crippen molar-refractivity contribution >= 4 is 43.2 Å². The van der Waals surface area contributed by atoms with Gasteiger partial charge >= 0.3 is 0 Å². The highest BCUT2D eigenvalue weighted by Crippen LogP contribution is 2.34. The maximum absolute atomic E-state index is 12.8. The van der Waals surface area contributed by atoms with Gasteiger partial charge in [0.05, 0.1) is 4.90 Å². The zero-order valence-electron chi connectivity index (χ0n) is 18.6. The summed E-state index contributed by atoms with van der Waals surface area (Å²) in [5.74, 6) is 0.285. The molecule has 0 aliphatic carbocycles. The summed E-state index contributed by atoms with van der Waals surface area (Å²) in [4.78, 5) is 14.7. The van der Waals surface area contributed by atoms with Gasteiger partial charge in [0.25, 0.3) is 15.9 Å². The molecule has 0 bridgehead atoms. The fraction of sp³-hybridized carbons (Fsp3) is 0.240. The molecule has 33 heavy (non-hydrogen) atoms. The Kier molecular flexibility index (Phi) is 6.50. The Morgan fingerprint density at radius 2 is 1.79 bits per heavy atom. The van der Waals surface area contributed by atoms with E-state index in [9.17, 15) is 13.2 Å². The normalized spacial score (nSPS) is 15.3. The molecule has 0 spiro atoms. The highest BCUT2D eigenvalue weighted by Gasteiger charge is 2.31. The second-order valence-corrected chi connectivity index (χ2v) is 10.9. The quantitative estimate of drug-likeness (QED) is 0.475. The number of nitrogens with one attached hydrogen (secondary N) is 1. The van der Waals surface area contributed by atoms with Crippen LogP contribution in [0.1, 0.15) is 23.6 Å². The van der Waals surface area contributed by atoms with Crippen LogP contribution in [0.15, 0.2) is 70.0 Å². The minimum atomic E-state index is -3.73. The monoisotopic (exact) mass is 528 g/mol. The van der Waals surface area contributed by atoms with Crippen molar-refractivity contribution in [2.24, 2.45) is 0 Å². The molecule has 1 N–H and O–H groups in total. The minimum Gasteiger partial charge on any atom is -0.484 e. The molecule has 0 saturated carbocycles. The van der Waals surface area contributed by atoms with Crippen LogP contribution in [0.25, 0.3) is 0 Å². The number of nitrogens with zero attached hydrogens (tertiary/aromatic N) is 1. The van der Waals surface area contributed by atoms with Gasteiger partial charge in [-0.1, -0.05) is 22.0 Å². The molecule has 0 unspecified atom stereocenters. The first-order valence-electron chi connectivity index (χ1n) is 10.6. The molecule has 4 rings (SSSR count). The maximum atomic E-state index is 12.8. The van der Waals surface area contributed by atoms with E-state index in [1.807, 2.05) is 45.0 Å². The third kappa shape index (κ3) is 5.07. The molecule has 1 aliphatic heterocycles. The van der Waals surface area contributed by atoms with Crippen molar-refractivity contribution in [3.63, 3.8) is 0 Å². The van der Waals surface area contributed by atoms with Gasteiger partial charge in [0.15, 0.2) is 6.61 Å². The number of sulfonamides is 1. The lowest BCUT2D eigenvalue weighted by Gasteiger charge is -2.22. The number of amides is 1. The molecule has 0 radical (unpaired) electrons. The van der Waals surface area contributed by atoms with Crippen molar-refractivity contribution in [1.82, 2.24) is 0 Å². The molecule has 3 aromatic rings. The van der Waals surface area contributed by atoms with E-state index < -0.39 is 10.0 Å². The Balaban J connectivity index is 1.41. The Morgan fingerprint density at radius 1 is 1.06 bits per heavy atom. The second-order valence-electron chi connectivity index (χ2n) is 8.25. The molecular weight excluding hydrogens is 504 g/mol. The van der Waals surface area contributed by atoms with Gasteiger partial charge in [-0.05, 0) is 98.5 Å². The Labute approximate surface area is 202 Å². The van der Waals surface area contributed by atoms with Crippen LogP contribution in [-0.4, -0.2) is 27.0 Å². The Morgan fingerprint density at radius 3 is 2.48 bits per heavy atom. The first-order valence-corrected chi connectivity index (χ1v) is 12.8. The topological polar surface area (TPSA) is 75.7 Å². The van der Waals surface area contributed by atoms with E-state index in [0.717, 1.165) is 33.3 Å². The van der Waals surface area contributed by atoms with Gasteiger partial charge in [0, 0.05) is 21.9 Å². The molecular formula is C25H25BrN2O4S. The smallest absolute Gasteiger partial charge is 0.265 e. The largest absolute Gasteiger partial charge is 0.484 e. The van der Waals surface area contributed by atoms with Crippen LogP contribution in [0.2, 0.25) is 0 Å². The van der Waals surface area contributed by atoms with Gasteiger partial charge in [0.2, 0.25) is 0 Å². The average molecular weight is 529 g/mol. The first-order chi connectivity index (χ1) is 15.6. The van der Waals surface area contributed by atoms with Crippen LogP contribution < -0.4 is 14.4 Å². The van der Waals surface area contributed by atoms with E-state index in [1.165, 1.54) is 12.1 Å². The number of benzene rings is 3. The van der Waals surface area contributed by atoms with Gasteiger partial charge in [-0.25, -0.2) is 8.42 Å². The summed E-state index contributed by atoms with van der Waals surface area (Å²) >= 11 is 3.47. The summed E-state index contributed by atoms with van der Waals surface area (Å²) in [5.41, 5.74) is 4.63. The Hall–Kier alpha value is -2.84. The summed E-state index contributed by atoms with van der Waals surface area (Å²) in [6.07, 6.45) is 0.792. The van der Waals surface area contributed by atoms with Crippen LogP contribution >= 0.6 is 15.9 Å². The number of carbonyl (C=O) groups excluding carboxylic acids is 1. The van der Waals surface area contributed by atoms with Crippen LogP contribution in [-0.2, 0) is 21.2 Å². The number of ether oxygens (including phenoxy) is 1. The van der Waals surface area contributed by atoms with Crippen molar-refractivity contribution in [3.8, 4) is 5.75 Å². The van der Waals surface area contributed by atoms with E-state index in [4.69, 9.17) is 4.74 Å². The lowest BCUT2D eigenvalue weighted by molar-refractivity contribution is -0.120. The van der Waals surface area contributed by atoms with Gasteiger partial charge < -0.3 is 9.64 Å². The molecule has 6 nitrogen and oxygen atoms in total. The highest BCUT2D eigenvalue weighted by molar-refractivity contribution is 9.10. The number of aryl methyl sites for hydroxylation is 2. The first kappa shape index (κ1) is 23.3. The van der Waals surface area contributed by atoms with E-state index in [0.29, 0.717) is 11.4 Å². The van der Waals surface area contributed by atoms with Crippen molar-refractivity contribution < 1.29 is 17.9 Å². The lowest BCUT2D eigenvalue weighted by atomic mass is 10.1. The zero-order chi connectivity index (χ0) is 23.8. The summed E-state index contributed by atoms with van der Waals surface area (Å²) < 4.78 is 34.7. The van der Waals surface area contributed by atoms with Gasteiger partial charge in [-0.15, -0.1) is 0 Å². The van der Waals surface area contributed by atoms with Crippen LogP contribution in [0.5, 0.6) is 5.75 Å².